The Balaban J connectivity index is 2.13. The van der Waals surface area contributed by atoms with Gasteiger partial charge in [-0.2, -0.15) is 0 Å². The molecule has 1 aliphatic rings. The van der Waals surface area contributed by atoms with E-state index in [-0.39, 0.29) is 0 Å². The molecule has 0 radical (unpaired) electrons. The average Bonchev–Trinajstić information content (AvgIpc) is 2.50. The maximum absolute atomic E-state index is 5.64. The Morgan fingerprint density at radius 2 is 2.10 bits per heavy atom. The lowest BCUT2D eigenvalue weighted by atomic mass is 9.87. The van der Waals surface area contributed by atoms with Crippen molar-refractivity contribution in [1.29, 1.82) is 0 Å². The van der Waals surface area contributed by atoms with E-state index in [0.29, 0.717) is 18.6 Å². The molecule has 1 aliphatic heterocycles. The van der Waals surface area contributed by atoms with Gasteiger partial charge >= 0.3 is 0 Å². The fraction of sp³-hybridized carbons (Fsp3) is 0.647. The molecule has 1 N–H and O–H groups in total. The highest BCUT2D eigenvalue weighted by molar-refractivity contribution is 5.31. The van der Waals surface area contributed by atoms with Crippen LogP contribution >= 0.6 is 0 Å². The van der Waals surface area contributed by atoms with Crippen molar-refractivity contribution in [2.45, 2.75) is 39.2 Å². The van der Waals surface area contributed by atoms with Gasteiger partial charge in [0.15, 0.2) is 0 Å². The Kier molecular flexibility index (Phi) is 6.34. The highest BCUT2D eigenvalue weighted by Crippen LogP contribution is 2.31. The van der Waals surface area contributed by atoms with Crippen molar-refractivity contribution >= 4 is 0 Å². The maximum Gasteiger partial charge on any atom is 0.119 e. The molecule has 1 fully saturated rings. The van der Waals surface area contributed by atoms with Crippen LogP contribution in [0.1, 0.15) is 44.7 Å². The highest BCUT2D eigenvalue weighted by Gasteiger charge is 2.25. The van der Waals surface area contributed by atoms with E-state index in [0.717, 1.165) is 44.8 Å². The van der Waals surface area contributed by atoms with Crippen molar-refractivity contribution < 1.29 is 9.47 Å². The van der Waals surface area contributed by atoms with Crippen LogP contribution in [0, 0.1) is 5.92 Å². The van der Waals surface area contributed by atoms with E-state index in [1.54, 1.807) is 0 Å². The van der Waals surface area contributed by atoms with Crippen LogP contribution in [0.15, 0.2) is 24.3 Å². The van der Waals surface area contributed by atoms with Crippen LogP contribution in [0.5, 0.6) is 5.75 Å². The monoisotopic (exact) mass is 277 g/mol. The molecule has 0 saturated carbocycles. The molecule has 1 aromatic carbocycles. The van der Waals surface area contributed by atoms with Gasteiger partial charge in [0.2, 0.25) is 0 Å². The molecule has 1 unspecified atom stereocenters. The molecule has 3 heteroatoms. The molecule has 1 saturated heterocycles. The van der Waals surface area contributed by atoms with E-state index in [9.17, 15) is 0 Å². The van der Waals surface area contributed by atoms with Crippen molar-refractivity contribution in [2.75, 3.05) is 26.4 Å². The lowest BCUT2D eigenvalue weighted by molar-refractivity contribution is 0.0536. The number of rotatable bonds is 7. The molecule has 0 amide bonds. The van der Waals surface area contributed by atoms with Crippen LogP contribution in [-0.4, -0.2) is 26.4 Å². The summed E-state index contributed by atoms with van der Waals surface area (Å²) in [7, 11) is 0. The van der Waals surface area contributed by atoms with E-state index in [1.165, 1.54) is 5.56 Å². The molecule has 2 rings (SSSR count). The number of hydrogen-bond acceptors (Lipinski definition) is 3. The largest absolute Gasteiger partial charge is 0.494 e. The summed E-state index contributed by atoms with van der Waals surface area (Å²) < 4.78 is 11.1. The Morgan fingerprint density at radius 1 is 1.30 bits per heavy atom. The van der Waals surface area contributed by atoms with Crippen LogP contribution in [-0.2, 0) is 4.74 Å². The second kappa shape index (κ2) is 8.28. The fourth-order valence-corrected chi connectivity index (χ4v) is 2.87. The Hall–Kier alpha value is -1.06. The van der Waals surface area contributed by atoms with E-state index in [2.05, 4.69) is 30.4 Å². The summed E-state index contributed by atoms with van der Waals surface area (Å²) in [6, 6.07) is 8.95. The molecule has 1 heterocycles. The molecule has 112 valence electrons. The zero-order chi connectivity index (χ0) is 14.2. The summed E-state index contributed by atoms with van der Waals surface area (Å²) in [5, 5.41) is 3.71. The minimum atomic E-state index is 0.416. The molecule has 1 aromatic rings. The summed E-state index contributed by atoms with van der Waals surface area (Å²) in [4.78, 5) is 0. The van der Waals surface area contributed by atoms with Gasteiger partial charge in [-0.1, -0.05) is 19.1 Å². The summed E-state index contributed by atoms with van der Waals surface area (Å²) in [6.45, 7) is 7.79. The molecule has 0 aromatic heterocycles. The predicted octanol–water partition coefficient (Wildman–Crippen LogP) is 3.55. The number of ether oxygens (including phenoxy) is 2. The zero-order valence-electron chi connectivity index (χ0n) is 12.7. The van der Waals surface area contributed by atoms with E-state index in [1.807, 2.05) is 13.0 Å². The van der Waals surface area contributed by atoms with E-state index in [4.69, 9.17) is 9.47 Å². The fourth-order valence-electron chi connectivity index (χ4n) is 2.87. The second-order valence-corrected chi connectivity index (χ2v) is 5.39. The van der Waals surface area contributed by atoms with Crippen molar-refractivity contribution in [3.63, 3.8) is 0 Å². The van der Waals surface area contributed by atoms with Gasteiger partial charge in [-0.05, 0) is 56.3 Å². The van der Waals surface area contributed by atoms with Crippen LogP contribution < -0.4 is 10.1 Å². The van der Waals surface area contributed by atoms with Gasteiger partial charge in [-0.15, -0.1) is 0 Å². The number of benzene rings is 1. The normalized spacial score (nSPS) is 17.9. The molecular weight excluding hydrogens is 250 g/mol. The first-order valence-corrected chi connectivity index (χ1v) is 7.89. The Labute approximate surface area is 122 Å². The molecule has 1 atom stereocenters. The minimum absolute atomic E-state index is 0.416. The van der Waals surface area contributed by atoms with Gasteiger partial charge in [-0.25, -0.2) is 0 Å². The lowest BCUT2D eigenvalue weighted by Crippen LogP contribution is -2.32. The third-order valence-electron chi connectivity index (χ3n) is 3.88. The first-order chi connectivity index (χ1) is 9.85. The lowest BCUT2D eigenvalue weighted by Gasteiger charge is -2.31. The standard InChI is InChI=1S/C17H27NO2/c1-3-10-18-17(14-8-11-19-12-9-14)15-6-5-7-16(13-15)20-4-2/h5-7,13-14,17-18H,3-4,8-12H2,1-2H3. The number of hydrogen-bond donors (Lipinski definition) is 1. The molecule has 0 bridgehead atoms. The third kappa shape index (κ3) is 4.22. The third-order valence-corrected chi connectivity index (χ3v) is 3.88. The Bertz CT molecular complexity index is 388. The first-order valence-electron chi connectivity index (χ1n) is 7.89. The van der Waals surface area contributed by atoms with Gasteiger partial charge in [-0.3, -0.25) is 0 Å². The summed E-state index contributed by atoms with van der Waals surface area (Å²) >= 11 is 0. The quantitative estimate of drug-likeness (QED) is 0.826. The Morgan fingerprint density at radius 3 is 2.80 bits per heavy atom. The van der Waals surface area contributed by atoms with E-state index >= 15 is 0 Å². The van der Waals surface area contributed by atoms with Crippen molar-refractivity contribution in [3.05, 3.63) is 29.8 Å². The predicted molar refractivity (Wildman–Crippen MR) is 82.2 cm³/mol. The van der Waals surface area contributed by atoms with E-state index < -0.39 is 0 Å². The maximum atomic E-state index is 5.64. The second-order valence-electron chi connectivity index (χ2n) is 5.39. The van der Waals surface area contributed by atoms with Crippen molar-refractivity contribution in [1.82, 2.24) is 5.32 Å². The minimum Gasteiger partial charge on any atom is -0.494 e. The highest BCUT2D eigenvalue weighted by atomic mass is 16.5. The van der Waals surface area contributed by atoms with Crippen molar-refractivity contribution in [2.24, 2.45) is 5.92 Å². The SMILES string of the molecule is CCCNC(c1cccc(OCC)c1)C1CCOCC1. The summed E-state index contributed by atoms with van der Waals surface area (Å²) in [5.41, 5.74) is 1.34. The topological polar surface area (TPSA) is 30.5 Å². The van der Waals surface area contributed by atoms with Crippen molar-refractivity contribution in [3.8, 4) is 5.75 Å². The average molecular weight is 277 g/mol. The molecule has 0 spiro atoms. The molecule has 3 nitrogen and oxygen atoms in total. The summed E-state index contributed by atoms with van der Waals surface area (Å²) in [6.07, 6.45) is 3.44. The van der Waals surface area contributed by atoms with Crippen LogP contribution in [0.4, 0.5) is 0 Å². The van der Waals surface area contributed by atoms with Gasteiger partial charge in [0, 0.05) is 19.3 Å². The zero-order valence-corrected chi connectivity index (χ0v) is 12.7. The smallest absolute Gasteiger partial charge is 0.119 e. The van der Waals surface area contributed by atoms with Crippen LogP contribution in [0.25, 0.3) is 0 Å². The van der Waals surface area contributed by atoms with Gasteiger partial charge < -0.3 is 14.8 Å². The number of nitrogens with one attached hydrogen (secondary N) is 1. The van der Waals surface area contributed by atoms with Gasteiger partial charge in [0.1, 0.15) is 5.75 Å². The molecular formula is C17H27NO2. The van der Waals surface area contributed by atoms with Crippen LogP contribution in [0.2, 0.25) is 0 Å². The van der Waals surface area contributed by atoms with Gasteiger partial charge in [0.05, 0.1) is 6.61 Å². The molecule has 20 heavy (non-hydrogen) atoms. The summed E-state index contributed by atoms with van der Waals surface area (Å²) in [5.74, 6) is 1.63. The molecule has 0 aliphatic carbocycles. The van der Waals surface area contributed by atoms with Crippen LogP contribution in [0.3, 0.4) is 0 Å². The van der Waals surface area contributed by atoms with Gasteiger partial charge in [0.25, 0.3) is 0 Å². The first kappa shape index (κ1) is 15.3.